The van der Waals surface area contributed by atoms with Crippen LogP contribution in [0, 0.1) is 19.8 Å². The zero-order valence-electron chi connectivity index (χ0n) is 16.8. The molecule has 0 amide bonds. The van der Waals surface area contributed by atoms with Crippen LogP contribution in [-0.2, 0) is 19.6 Å². The molecule has 2 aromatic heterocycles. The fourth-order valence-electron chi connectivity index (χ4n) is 3.55. The minimum Gasteiger partial charge on any atom is -0.457 e. The summed E-state index contributed by atoms with van der Waals surface area (Å²) in [4.78, 5) is 29.2. The van der Waals surface area contributed by atoms with Crippen LogP contribution < -0.4 is 0 Å². The number of nitrogens with zero attached hydrogens (tertiary/aromatic N) is 3. The summed E-state index contributed by atoms with van der Waals surface area (Å²) in [6.45, 7) is 5.63. The van der Waals surface area contributed by atoms with Crippen molar-refractivity contribution in [2.75, 3.05) is 25.4 Å². The number of hydrogen-bond donors (Lipinski definition) is 0. The molecule has 0 bridgehead atoms. The number of sulfonamides is 1. The molecule has 0 saturated carbocycles. The molecule has 0 atom stereocenters. The van der Waals surface area contributed by atoms with Gasteiger partial charge in [0.15, 0.2) is 11.7 Å². The summed E-state index contributed by atoms with van der Waals surface area (Å²) in [5.41, 5.74) is 2.16. The molecule has 2 aromatic rings. The monoisotopic (exact) mass is 439 g/mol. The lowest BCUT2D eigenvalue weighted by Crippen LogP contribution is -2.41. The van der Waals surface area contributed by atoms with E-state index in [4.69, 9.17) is 4.74 Å². The van der Waals surface area contributed by atoms with Gasteiger partial charge in [-0.2, -0.15) is 0 Å². The molecule has 29 heavy (non-hydrogen) atoms. The lowest BCUT2D eigenvalue weighted by atomic mass is 9.98. The minimum absolute atomic E-state index is 0.0516. The fraction of sp³-hybridized carbons (Fsp3) is 0.526. The average molecular weight is 440 g/mol. The molecule has 3 rings (SSSR count). The Kier molecular flexibility index (Phi) is 6.55. The summed E-state index contributed by atoms with van der Waals surface area (Å²) in [5.74, 6) is -1.04. The summed E-state index contributed by atoms with van der Waals surface area (Å²) in [6.07, 6.45) is 2.52. The molecule has 10 heteroatoms. The Morgan fingerprint density at radius 2 is 1.97 bits per heavy atom. The van der Waals surface area contributed by atoms with Crippen molar-refractivity contribution in [3.05, 3.63) is 34.6 Å². The number of hydrogen-bond acceptors (Lipinski definition) is 7. The number of aromatic nitrogens is 2. The highest BCUT2D eigenvalue weighted by Crippen LogP contribution is 2.24. The molecule has 3 heterocycles. The molecule has 0 aromatic carbocycles. The molecule has 1 saturated heterocycles. The van der Waals surface area contributed by atoms with Crippen molar-refractivity contribution in [3.63, 3.8) is 0 Å². The molecule has 8 nitrogen and oxygen atoms in total. The predicted molar refractivity (Wildman–Crippen MR) is 110 cm³/mol. The van der Waals surface area contributed by atoms with Crippen LogP contribution in [0.25, 0.3) is 5.13 Å². The molecule has 1 aliphatic heterocycles. The first-order valence-electron chi connectivity index (χ1n) is 9.51. The minimum atomic E-state index is -3.24. The second-order valence-corrected chi connectivity index (χ2v) is 10.2. The van der Waals surface area contributed by atoms with Crippen LogP contribution in [0.4, 0.5) is 0 Å². The first-order chi connectivity index (χ1) is 13.7. The van der Waals surface area contributed by atoms with Gasteiger partial charge >= 0.3 is 5.97 Å². The highest BCUT2D eigenvalue weighted by Gasteiger charge is 2.31. The van der Waals surface area contributed by atoms with Gasteiger partial charge in [-0.15, -0.1) is 11.3 Å². The largest absolute Gasteiger partial charge is 0.457 e. The Balaban J connectivity index is 1.58. The summed E-state index contributed by atoms with van der Waals surface area (Å²) < 4.78 is 32.4. The van der Waals surface area contributed by atoms with Gasteiger partial charge in [0.2, 0.25) is 15.8 Å². The van der Waals surface area contributed by atoms with Crippen LogP contribution in [0.3, 0.4) is 0 Å². The first-order valence-corrected chi connectivity index (χ1v) is 12.0. The maximum Gasteiger partial charge on any atom is 0.309 e. The zero-order valence-corrected chi connectivity index (χ0v) is 18.4. The van der Waals surface area contributed by atoms with Crippen LogP contribution >= 0.6 is 11.3 Å². The number of carbonyl (C=O) groups excluding carboxylic acids is 2. The standard InChI is InChI=1S/C19H25N3O5S2/c1-4-29(25,26)21-8-5-15(6-9-21)18(24)27-12-17(23)16-11-13(2)22(14(16)3)19-20-7-10-28-19/h7,10-11,15H,4-6,8-9,12H2,1-3H3. The third-order valence-corrected chi connectivity index (χ3v) is 7.87. The second-order valence-electron chi connectivity index (χ2n) is 7.04. The summed E-state index contributed by atoms with van der Waals surface area (Å²) >= 11 is 1.48. The fourth-order valence-corrected chi connectivity index (χ4v) is 5.43. The second kappa shape index (κ2) is 8.76. The van der Waals surface area contributed by atoms with E-state index in [1.54, 1.807) is 19.2 Å². The van der Waals surface area contributed by atoms with Gasteiger partial charge in [-0.1, -0.05) is 0 Å². The number of esters is 1. The van der Waals surface area contributed by atoms with Crippen molar-refractivity contribution in [1.82, 2.24) is 13.9 Å². The van der Waals surface area contributed by atoms with Crippen molar-refractivity contribution in [2.45, 2.75) is 33.6 Å². The highest BCUT2D eigenvalue weighted by molar-refractivity contribution is 7.89. The Labute approximate surface area is 174 Å². The lowest BCUT2D eigenvalue weighted by Gasteiger charge is -2.29. The van der Waals surface area contributed by atoms with Gasteiger partial charge in [0.1, 0.15) is 0 Å². The normalized spacial score (nSPS) is 16.1. The zero-order chi connectivity index (χ0) is 21.2. The van der Waals surface area contributed by atoms with Gasteiger partial charge in [-0.25, -0.2) is 17.7 Å². The third kappa shape index (κ3) is 4.59. The number of piperidine rings is 1. The Morgan fingerprint density at radius 3 is 2.55 bits per heavy atom. The van der Waals surface area contributed by atoms with Gasteiger partial charge in [0, 0.05) is 41.6 Å². The van der Waals surface area contributed by atoms with Crippen LogP contribution in [0.1, 0.15) is 41.5 Å². The SMILES string of the molecule is CCS(=O)(=O)N1CCC(C(=O)OCC(=O)c2cc(C)n(-c3nccs3)c2C)CC1. The van der Waals surface area contributed by atoms with Crippen LogP contribution in [0.5, 0.6) is 0 Å². The number of ketones is 1. The van der Waals surface area contributed by atoms with E-state index in [1.165, 1.54) is 15.6 Å². The van der Waals surface area contributed by atoms with Crippen molar-refractivity contribution in [1.29, 1.82) is 0 Å². The van der Waals surface area contributed by atoms with Crippen molar-refractivity contribution < 1.29 is 22.7 Å². The summed E-state index contributed by atoms with van der Waals surface area (Å²) in [7, 11) is -3.24. The van der Waals surface area contributed by atoms with Crippen LogP contribution in [0.2, 0.25) is 0 Å². The van der Waals surface area contributed by atoms with Crippen molar-refractivity contribution in [2.24, 2.45) is 5.92 Å². The van der Waals surface area contributed by atoms with E-state index in [-0.39, 0.29) is 24.1 Å². The van der Waals surface area contributed by atoms with E-state index in [2.05, 4.69) is 4.98 Å². The van der Waals surface area contributed by atoms with Gasteiger partial charge < -0.3 is 4.74 Å². The van der Waals surface area contributed by atoms with Gasteiger partial charge in [-0.05, 0) is 39.7 Å². The van der Waals surface area contributed by atoms with E-state index in [0.29, 0.717) is 31.5 Å². The molecular formula is C19H25N3O5S2. The molecular weight excluding hydrogens is 414 g/mol. The summed E-state index contributed by atoms with van der Waals surface area (Å²) in [6, 6.07) is 1.78. The molecule has 0 spiro atoms. The first kappa shape index (κ1) is 21.7. The smallest absolute Gasteiger partial charge is 0.309 e. The van der Waals surface area contributed by atoms with Crippen molar-refractivity contribution in [3.8, 4) is 5.13 Å². The molecule has 0 N–H and O–H groups in total. The van der Waals surface area contributed by atoms with Gasteiger partial charge in [0.05, 0.1) is 11.7 Å². The predicted octanol–water partition coefficient (Wildman–Crippen LogP) is 2.34. The molecule has 158 valence electrons. The van der Waals surface area contributed by atoms with Crippen LogP contribution in [-0.4, -0.2) is 59.5 Å². The van der Waals surface area contributed by atoms with Crippen molar-refractivity contribution >= 4 is 33.1 Å². The number of carbonyl (C=O) groups is 2. The molecule has 0 aliphatic carbocycles. The lowest BCUT2D eigenvalue weighted by molar-refractivity contribution is -0.148. The number of aryl methyl sites for hydroxylation is 1. The van der Waals surface area contributed by atoms with E-state index >= 15 is 0 Å². The molecule has 1 aliphatic rings. The van der Waals surface area contributed by atoms with Crippen LogP contribution in [0.15, 0.2) is 17.6 Å². The maximum atomic E-state index is 12.6. The molecule has 0 radical (unpaired) electrons. The Hall–Kier alpha value is -2.04. The maximum absolute atomic E-state index is 12.6. The summed E-state index contributed by atoms with van der Waals surface area (Å²) in [5, 5.41) is 2.65. The number of ether oxygens (including phenoxy) is 1. The van der Waals surface area contributed by atoms with Gasteiger partial charge in [-0.3, -0.25) is 14.2 Å². The third-order valence-electron chi connectivity index (χ3n) is 5.23. The number of rotatable bonds is 7. The van der Waals surface area contributed by atoms with E-state index in [0.717, 1.165) is 16.5 Å². The van der Waals surface area contributed by atoms with E-state index < -0.39 is 16.0 Å². The number of Topliss-reactive ketones (excluding diaryl/α,β-unsaturated/α-hetero) is 1. The Morgan fingerprint density at radius 1 is 1.28 bits per heavy atom. The van der Waals surface area contributed by atoms with Gasteiger partial charge in [0.25, 0.3) is 0 Å². The van der Waals surface area contributed by atoms with E-state index in [1.807, 2.05) is 23.8 Å². The Bertz CT molecular complexity index is 987. The quantitative estimate of drug-likeness (QED) is 0.485. The number of thiazole rings is 1. The topological polar surface area (TPSA) is 98.6 Å². The molecule has 1 fully saturated rings. The van der Waals surface area contributed by atoms with E-state index in [9.17, 15) is 18.0 Å². The highest BCUT2D eigenvalue weighted by atomic mass is 32.2. The molecule has 0 unspecified atom stereocenters. The average Bonchev–Trinajstić information content (AvgIpc) is 3.33.